The van der Waals surface area contributed by atoms with E-state index in [9.17, 15) is 0 Å². The van der Waals surface area contributed by atoms with Crippen LogP contribution >= 0.6 is 11.6 Å². The van der Waals surface area contributed by atoms with E-state index in [0.717, 1.165) is 30.3 Å². The number of rotatable bonds is 5. The van der Waals surface area contributed by atoms with Crippen molar-refractivity contribution in [1.29, 1.82) is 0 Å². The fourth-order valence-electron chi connectivity index (χ4n) is 3.45. The highest BCUT2D eigenvalue weighted by Crippen LogP contribution is 2.27. The number of methoxy groups -OCH3 is 1. The molecule has 2 aromatic rings. The van der Waals surface area contributed by atoms with Crippen molar-refractivity contribution >= 4 is 11.6 Å². The lowest BCUT2D eigenvalue weighted by atomic mass is 9.92. The van der Waals surface area contributed by atoms with E-state index in [1.165, 1.54) is 23.1 Å². The molecule has 2 atom stereocenters. The second kappa shape index (κ2) is 8.02. The maximum atomic E-state index is 6.18. The lowest BCUT2D eigenvalue weighted by molar-refractivity contribution is 0.303. The minimum absolute atomic E-state index is 0.285. The summed E-state index contributed by atoms with van der Waals surface area (Å²) in [6.45, 7) is 3.96. The summed E-state index contributed by atoms with van der Waals surface area (Å²) in [6, 6.07) is 15.1. The molecule has 0 radical (unpaired) electrons. The van der Waals surface area contributed by atoms with E-state index >= 15 is 0 Å². The Balaban J connectivity index is 1.74. The number of aryl methyl sites for hydroxylation is 1. The quantitative estimate of drug-likeness (QED) is 0.851. The van der Waals surface area contributed by atoms with Crippen molar-refractivity contribution in [1.82, 2.24) is 10.6 Å². The van der Waals surface area contributed by atoms with Crippen LogP contribution in [-0.4, -0.2) is 19.7 Å². The molecule has 1 saturated heterocycles. The van der Waals surface area contributed by atoms with Crippen LogP contribution in [0.4, 0.5) is 0 Å². The van der Waals surface area contributed by atoms with Gasteiger partial charge >= 0.3 is 0 Å². The van der Waals surface area contributed by atoms with Gasteiger partial charge < -0.3 is 15.4 Å². The van der Waals surface area contributed by atoms with Gasteiger partial charge in [0.05, 0.1) is 7.11 Å². The molecule has 4 heteroatoms. The summed E-state index contributed by atoms with van der Waals surface area (Å²) < 4.78 is 5.49. The molecule has 3 nitrogen and oxygen atoms in total. The third-order valence-corrected chi connectivity index (χ3v) is 4.89. The van der Waals surface area contributed by atoms with Crippen LogP contribution < -0.4 is 15.4 Å². The second-order valence-corrected chi connectivity index (χ2v) is 6.87. The van der Waals surface area contributed by atoms with Gasteiger partial charge in [-0.05, 0) is 50.1 Å². The molecule has 2 N–H and O–H groups in total. The van der Waals surface area contributed by atoms with E-state index in [0.29, 0.717) is 6.04 Å². The van der Waals surface area contributed by atoms with Gasteiger partial charge in [-0.1, -0.05) is 41.4 Å². The van der Waals surface area contributed by atoms with Gasteiger partial charge in [-0.2, -0.15) is 0 Å². The smallest absolute Gasteiger partial charge is 0.123 e. The van der Waals surface area contributed by atoms with Crippen LogP contribution in [0, 0.1) is 6.92 Å². The van der Waals surface area contributed by atoms with E-state index in [2.05, 4.69) is 41.8 Å². The number of hydrogen-bond acceptors (Lipinski definition) is 3. The Kier molecular flexibility index (Phi) is 5.77. The summed E-state index contributed by atoms with van der Waals surface area (Å²) in [6.07, 6.45) is 2.33. The van der Waals surface area contributed by atoms with Crippen LogP contribution in [0.25, 0.3) is 0 Å². The molecule has 1 fully saturated rings. The fourth-order valence-corrected chi connectivity index (χ4v) is 3.64. The Morgan fingerprint density at radius 1 is 1.25 bits per heavy atom. The zero-order valence-corrected chi connectivity index (χ0v) is 15.1. The summed E-state index contributed by atoms with van der Waals surface area (Å²) in [7, 11) is 1.73. The summed E-state index contributed by atoms with van der Waals surface area (Å²) >= 11 is 6.18. The fraction of sp³-hybridized carbons (Fsp3) is 0.400. The van der Waals surface area contributed by atoms with Crippen LogP contribution in [0.3, 0.4) is 0 Å². The summed E-state index contributed by atoms with van der Waals surface area (Å²) in [5.41, 5.74) is 3.70. The van der Waals surface area contributed by atoms with Gasteiger partial charge in [0.1, 0.15) is 5.75 Å². The number of benzene rings is 2. The Labute approximate surface area is 149 Å². The molecule has 0 bridgehead atoms. The molecule has 0 spiro atoms. The largest absolute Gasteiger partial charge is 0.496 e. The predicted octanol–water partition coefficient (Wildman–Crippen LogP) is 4.24. The zero-order chi connectivity index (χ0) is 16.9. The maximum absolute atomic E-state index is 6.18. The molecule has 0 aromatic heterocycles. The summed E-state index contributed by atoms with van der Waals surface area (Å²) in [5.74, 6) is 0.941. The number of nitrogens with one attached hydrogen (secondary N) is 2. The van der Waals surface area contributed by atoms with Gasteiger partial charge in [-0.15, -0.1) is 0 Å². The highest BCUT2D eigenvalue weighted by atomic mass is 35.5. The highest BCUT2D eigenvalue weighted by Gasteiger charge is 2.26. The Morgan fingerprint density at radius 2 is 2.12 bits per heavy atom. The third kappa shape index (κ3) is 4.10. The van der Waals surface area contributed by atoms with Crippen molar-refractivity contribution in [2.75, 3.05) is 13.7 Å². The third-order valence-electron chi connectivity index (χ3n) is 4.66. The topological polar surface area (TPSA) is 33.3 Å². The molecular weight excluding hydrogens is 320 g/mol. The Bertz CT molecular complexity index is 689. The van der Waals surface area contributed by atoms with E-state index in [1.54, 1.807) is 7.11 Å². The van der Waals surface area contributed by atoms with Gasteiger partial charge in [0.15, 0.2) is 0 Å². The molecule has 0 saturated carbocycles. The number of ether oxygens (including phenoxy) is 1. The number of piperidine rings is 1. The molecule has 3 rings (SSSR count). The van der Waals surface area contributed by atoms with Gasteiger partial charge in [-0.25, -0.2) is 0 Å². The lowest BCUT2D eigenvalue weighted by Gasteiger charge is -2.34. The van der Waals surface area contributed by atoms with Crippen molar-refractivity contribution in [3.8, 4) is 5.75 Å². The first-order valence-electron chi connectivity index (χ1n) is 8.53. The standard InChI is InChI=1S/C20H25ClN2O/c1-14-8-9-19(24-2)16(11-14)13-23-18-7-4-10-22-20(18)15-5-3-6-17(21)12-15/h3,5-6,8-9,11-12,18,20,22-23H,4,7,10,13H2,1-2H3. The molecule has 128 valence electrons. The van der Waals surface area contributed by atoms with Gasteiger partial charge in [-0.3, -0.25) is 0 Å². The summed E-state index contributed by atoms with van der Waals surface area (Å²) in [4.78, 5) is 0. The van der Waals surface area contributed by atoms with E-state index in [4.69, 9.17) is 16.3 Å². The number of halogens is 1. The Morgan fingerprint density at radius 3 is 2.92 bits per heavy atom. The highest BCUT2D eigenvalue weighted by molar-refractivity contribution is 6.30. The zero-order valence-electron chi connectivity index (χ0n) is 14.3. The van der Waals surface area contributed by atoms with E-state index in [-0.39, 0.29) is 6.04 Å². The van der Waals surface area contributed by atoms with Crippen molar-refractivity contribution < 1.29 is 4.74 Å². The molecule has 24 heavy (non-hydrogen) atoms. The minimum Gasteiger partial charge on any atom is -0.496 e. The van der Waals surface area contributed by atoms with Crippen molar-refractivity contribution in [3.05, 3.63) is 64.2 Å². The van der Waals surface area contributed by atoms with Crippen molar-refractivity contribution in [2.24, 2.45) is 0 Å². The molecule has 1 heterocycles. The molecule has 2 aromatic carbocycles. The van der Waals surface area contributed by atoms with E-state index in [1.807, 2.05) is 18.2 Å². The van der Waals surface area contributed by atoms with Crippen LogP contribution in [-0.2, 0) is 6.54 Å². The first-order valence-corrected chi connectivity index (χ1v) is 8.91. The average molecular weight is 345 g/mol. The normalized spacial score (nSPS) is 20.8. The minimum atomic E-state index is 0.285. The van der Waals surface area contributed by atoms with Crippen LogP contribution in [0.15, 0.2) is 42.5 Å². The lowest BCUT2D eigenvalue weighted by Crippen LogP contribution is -2.45. The molecule has 2 unspecified atom stereocenters. The number of hydrogen-bond donors (Lipinski definition) is 2. The van der Waals surface area contributed by atoms with Gasteiger partial charge in [0, 0.05) is 29.2 Å². The molecular formula is C20H25ClN2O. The summed E-state index contributed by atoms with van der Waals surface area (Å²) in [5, 5.41) is 8.15. The van der Waals surface area contributed by atoms with Crippen LogP contribution in [0.5, 0.6) is 5.75 Å². The Hall–Kier alpha value is -1.55. The van der Waals surface area contributed by atoms with Crippen LogP contribution in [0.1, 0.15) is 35.6 Å². The van der Waals surface area contributed by atoms with Crippen LogP contribution in [0.2, 0.25) is 5.02 Å². The molecule has 0 amide bonds. The van der Waals surface area contributed by atoms with Gasteiger partial charge in [0.25, 0.3) is 0 Å². The maximum Gasteiger partial charge on any atom is 0.123 e. The molecule has 0 aliphatic carbocycles. The first kappa shape index (κ1) is 17.3. The SMILES string of the molecule is COc1ccc(C)cc1CNC1CCCNC1c1cccc(Cl)c1. The monoisotopic (exact) mass is 344 g/mol. The van der Waals surface area contributed by atoms with Crippen molar-refractivity contribution in [3.63, 3.8) is 0 Å². The first-order chi connectivity index (χ1) is 11.7. The van der Waals surface area contributed by atoms with Gasteiger partial charge in [0.2, 0.25) is 0 Å². The average Bonchev–Trinajstić information content (AvgIpc) is 2.60. The van der Waals surface area contributed by atoms with Crippen molar-refractivity contribution in [2.45, 2.75) is 38.4 Å². The van der Waals surface area contributed by atoms with E-state index < -0.39 is 0 Å². The predicted molar refractivity (Wildman–Crippen MR) is 99.8 cm³/mol. The molecule has 1 aliphatic heterocycles. The second-order valence-electron chi connectivity index (χ2n) is 6.43. The molecule has 1 aliphatic rings.